The van der Waals surface area contributed by atoms with E-state index in [2.05, 4.69) is 13.0 Å². The smallest absolute Gasteiger partial charge is 0.0826 e. The molecule has 1 aliphatic rings. The lowest BCUT2D eigenvalue weighted by atomic mass is 9.96. The molecule has 2 unspecified atom stereocenters. The van der Waals surface area contributed by atoms with Crippen molar-refractivity contribution >= 4 is 11.8 Å². The summed E-state index contributed by atoms with van der Waals surface area (Å²) in [5, 5.41) is 10.00. The van der Waals surface area contributed by atoms with Crippen LogP contribution in [0.25, 0.3) is 0 Å². The molecule has 1 aromatic rings. The van der Waals surface area contributed by atoms with Crippen molar-refractivity contribution in [2.45, 2.75) is 18.8 Å². The Kier molecular flexibility index (Phi) is 2.61. The number of benzene rings is 1. The van der Waals surface area contributed by atoms with E-state index >= 15 is 0 Å². The number of hydrogen-bond acceptors (Lipinski definition) is 2. The Labute approximate surface area is 83.2 Å². The topological polar surface area (TPSA) is 20.2 Å². The Hall–Kier alpha value is -0.470. The summed E-state index contributed by atoms with van der Waals surface area (Å²) in [5.74, 6) is 2.46. The predicted octanol–water partition coefficient (Wildman–Crippen LogP) is 2.60. The second-order valence-corrected chi connectivity index (χ2v) is 4.67. The second kappa shape index (κ2) is 3.72. The van der Waals surface area contributed by atoms with Crippen molar-refractivity contribution in [1.29, 1.82) is 0 Å². The standard InChI is InChI=1S/C11H14OS/c1-8-6-13-7-9-4-2-3-5-10(9)11(8)12/h2-5,8,11-12H,6-7H2,1H3. The van der Waals surface area contributed by atoms with Crippen LogP contribution in [0.1, 0.15) is 24.2 Å². The van der Waals surface area contributed by atoms with E-state index in [1.807, 2.05) is 30.0 Å². The lowest BCUT2D eigenvalue weighted by molar-refractivity contribution is 0.129. The molecule has 2 heteroatoms. The average molecular weight is 194 g/mol. The lowest BCUT2D eigenvalue weighted by Crippen LogP contribution is -2.10. The van der Waals surface area contributed by atoms with Gasteiger partial charge < -0.3 is 5.11 Å². The van der Waals surface area contributed by atoms with Crippen LogP contribution < -0.4 is 0 Å². The summed E-state index contributed by atoms with van der Waals surface area (Å²) in [7, 11) is 0. The van der Waals surface area contributed by atoms with E-state index in [-0.39, 0.29) is 6.10 Å². The molecule has 1 aromatic carbocycles. The lowest BCUT2D eigenvalue weighted by Gasteiger charge is -2.16. The fourth-order valence-corrected chi connectivity index (χ4v) is 2.86. The summed E-state index contributed by atoms with van der Waals surface area (Å²) >= 11 is 1.91. The van der Waals surface area contributed by atoms with Gasteiger partial charge in [-0.3, -0.25) is 0 Å². The molecule has 2 rings (SSSR count). The Morgan fingerprint density at radius 2 is 2.15 bits per heavy atom. The zero-order valence-electron chi connectivity index (χ0n) is 7.73. The first-order chi connectivity index (χ1) is 6.29. The Morgan fingerprint density at radius 1 is 1.38 bits per heavy atom. The Bertz CT molecular complexity index is 298. The average Bonchev–Trinajstić information content (AvgIpc) is 2.29. The molecule has 0 aromatic heterocycles. The summed E-state index contributed by atoms with van der Waals surface area (Å²) in [6.07, 6.45) is -0.272. The zero-order valence-corrected chi connectivity index (χ0v) is 8.55. The summed E-state index contributed by atoms with van der Waals surface area (Å²) in [5.41, 5.74) is 2.42. The van der Waals surface area contributed by atoms with Crippen LogP contribution in [0.5, 0.6) is 0 Å². The van der Waals surface area contributed by atoms with Crippen molar-refractivity contribution in [1.82, 2.24) is 0 Å². The van der Waals surface area contributed by atoms with Gasteiger partial charge in [0.2, 0.25) is 0 Å². The number of fused-ring (bicyclic) bond motifs is 1. The van der Waals surface area contributed by atoms with Gasteiger partial charge in [0.05, 0.1) is 6.10 Å². The third-order valence-corrected chi connectivity index (χ3v) is 3.83. The summed E-state index contributed by atoms with van der Waals surface area (Å²) in [6.45, 7) is 2.11. The molecule has 0 saturated carbocycles. The van der Waals surface area contributed by atoms with Crippen LogP contribution in [-0.2, 0) is 5.75 Å². The Balaban J connectivity index is 2.40. The maximum Gasteiger partial charge on any atom is 0.0826 e. The van der Waals surface area contributed by atoms with Gasteiger partial charge in [-0.2, -0.15) is 11.8 Å². The van der Waals surface area contributed by atoms with Gasteiger partial charge in [0, 0.05) is 5.75 Å². The minimum atomic E-state index is -0.272. The zero-order chi connectivity index (χ0) is 9.26. The molecule has 1 nitrogen and oxygen atoms in total. The molecule has 0 aliphatic carbocycles. The van der Waals surface area contributed by atoms with Gasteiger partial charge in [0.15, 0.2) is 0 Å². The number of aliphatic hydroxyl groups excluding tert-OH is 1. The van der Waals surface area contributed by atoms with Gasteiger partial charge in [-0.15, -0.1) is 0 Å². The van der Waals surface area contributed by atoms with E-state index in [4.69, 9.17) is 0 Å². The maximum absolute atomic E-state index is 10.00. The fraction of sp³-hybridized carbons (Fsp3) is 0.455. The molecular formula is C11H14OS. The molecule has 0 saturated heterocycles. The highest BCUT2D eigenvalue weighted by molar-refractivity contribution is 7.98. The monoisotopic (exact) mass is 194 g/mol. The van der Waals surface area contributed by atoms with Gasteiger partial charge in [-0.25, -0.2) is 0 Å². The van der Waals surface area contributed by atoms with Crippen molar-refractivity contribution in [3.8, 4) is 0 Å². The Morgan fingerprint density at radius 3 is 3.00 bits per heavy atom. The van der Waals surface area contributed by atoms with Gasteiger partial charge in [0.1, 0.15) is 0 Å². The number of hydrogen-bond donors (Lipinski definition) is 1. The highest BCUT2D eigenvalue weighted by Crippen LogP contribution is 2.33. The quantitative estimate of drug-likeness (QED) is 0.685. The van der Waals surface area contributed by atoms with Gasteiger partial charge >= 0.3 is 0 Å². The predicted molar refractivity (Wildman–Crippen MR) is 56.7 cm³/mol. The minimum absolute atomic E-state index is 0.272. The van der Waals surface area contributed by atoms with Crippen molar-refractivity contribution in [3.05, 3.63) is 35.4 Å². The molecule has 70 valence electrons. The van der Waals surface area contributed by atoms with Crippen LogP contribution in [0.2, 0.25) is 0 Å². The normalized spacial score (nSPS) is 27.8. The minimum Gasteiger partial charge on any atom is -0.388 e. The first-order valence-corrected chi connectivity index (χ1v) is 5.78. The SMILES string of the molecule is CC1CSCc2ccccc2C1O. The molecule has 0 spiro atoms. The molecule has 13 heavy (non-hydrogen) atoms. The highest BCUT2D eigenvalue weighted by Gasteiger charge is 2.22. The molecule has 0 fully saturated rings. The largest absolute Gasteiger partial charge is 0.388 e. The molecule has 0 radical (unpaired) electrons. The molecule has 2 atom stereocenters. The molecule has 1 aliphatic heterocycles. The van der Waals surface area contributed by atoms with Gasteiger partial charge in [-0.1, -0.05) is 31.2 Å². The molecule has 1 heterocycles. The second-order valence-electron chi connectivity index (χ2n) is 3.64. The van der Waals surface area contributed by atoms with Crippen LogP contribution in [-0.4, -0.2) is 10.9 Å². The molecule has 1 N–H and O–H groups in total. The molecular weight excluding hydrogens is 180 g/mol. The summed E-state index contributed by atoms with van der Waals surface area (Å²) in [6, 6.07) is 8.21. The van der Waals surface area contributed by atoms with Crippen molar-refractivity contribution < 1.29 is 5.11 Å². The van der Waals surface area contributed by atoms with E-state index in [1.54, 1.807) is 0 Å². The van der Waals surface area contributed by atoms with Crippen molar-refractivity contribution in [2.75, 3.05) is 5.75 Å². The summed E-state index contributed by atoms with van der Waals surface area (Å²) in [4.78, 5) is 0. The van der Waals surface area contributed by atoms with Crippen molar-refractivity contribution in [2.24, 2.45) is 5.92 Å². The van der Waals surface area contributed by atoms with Crippen LogP contribution in [0, 0.1) is 5.92 Å². The van der Waals surface area contributed by atoms with E-state index in [9.17, 15) is 5.11 Å². The maximum atomic E-state index is 10.00. The first-order valence-electron chi connectivity index (χ1n) is 4.62. The van der Waals surface area contributed by atoms with Gasteiger partial charge in [-0.05, 0) is 22.8 Å². The van der Waals surface area contributed by atoms with Crippen LogP contribution in [0.15, 0.2) is 24.3 Å². The van der Waals surface area contributed by atoms with Crippen LogP contribution >= 0.6 is 11.8 Å². The van der Waals surface area contributed by atoms with E-state index in [0.29, 0.717) is 5.92 Å². The van der Waals surface area contributed by atoms with Crippen LogP contribution in [0.3, 0.4) is 0 Å². The van der Waals surface area contributed by atoms with E-state index in [1.165, 1.54) is 5.56 Å². The van der Waals surface area contributed by atoms with Crippen molar-refractivity contribution in [3.63, 3.8) is 0 Å². The third-order valence-electron chi connectivity index (χ3n) is 2.55. The van der Waals surface area contributed by atoms with Crippen LogP contribution in [0.4, 0.5) is 0 Å². The van der Waals surface area contributed by atoms with E-state index < -0.39 is 0 Å². The first kappa shape index (κ1) is 9.10. The third kappa shape index (κ3) is 1.74. The fourth-order valence-electron chi connectivity index (χ4n) is 1.71. The number of rotatable bonds is 0. The molecule has 0 amide bonds. The van der Waals surface area contributed by atoms with Gasteiger partial charge in [0.25, 0.3) is 0 Å². The highest BCUT2D eigenvalue weighted by atomic mass is 32.2. The number of thioether (sulfide) groups is 1. The number of aliphatic hydroxyl groups is 1. The summed E-state index contributed by atoms with van der Waals surface area (Å²) < 4.78 is 0. The molecule has 0 bridgehead atoms. The van der Waals surface area contributed by atoms with E-state index in [0.717, 1.165) is 17.1 Å².